The molecular weight excluding hydrogens is 134 g/mol. The van der Waals surface area contributed by atoms with Crippen LogP contribution in [0.3, 0.4) is 0 Å². The van der Waals surface area contributed by atoms with E-state index in [1.165, 1.54) is 38.8 Å². The molecule has 1 fully saturated rings. The van der Waals surface area contributed by atoms with Gasteiger partial charge in [-0.15, -0.1) is 0 Å². The summed E-state index contributed by atoms with van der Waals surface area (Å²) in [6.07, 6.45) is 8.06. The van der Waals surface area contributed by atoms with Gasteiger partial charge in [0, 0.05) is 6.04 Å². The molecule has 11 heavy (non-hydrogen) atoms. The predicted molar refractivity (Wildman–Crippen MR) is 49.5 cm³/mol. The first-order valence-electron chi connectivity index (χ1n) is 4.95. The normalized spacial score (nSPS) is 21.0. The van der Waals surface area contributed by atoms with Crippen LogP contribution in [-0.2, 0) is 0 Å². The van der Waals surface area contributed by atoms with Gasteiger partial charge in [0.25, 0.3) is 0 Å². The molecule has 1 saturated carbocycles. The molecule has 0 aromatic heterocycles. The lowest BCUT2D eigenvalue weighted by Crippen LogP contribution is -2.36. The molecule has 0 saturated heterocycles. The van der Waals surface area contributed by atoms with E-state index in [1.807, 2.05) is 0 Å². The van der Waals surface area contributed by atoms with Crippen molar-refractivity contribution < 1.29 is 0 Å². The van der Waals surface area contributed by atoms with Crippen molar-refractivity contribution in [3.8, 4) is 0 Å². The van der Waals surface area contributed by atoms with Crippen LogP contribution in [0.4, 0.5) is 0 Å². The van der Waals surface area contributed by atoms with Gasteiger partial charge in [-0.2, -0.15) is 0 Å². The van der Waals surface area contributed by atoms with Crippen LogP contribution < -0.4 is 0 Å². The molecule has 0 aliphatic heterocycles. The van der Waals surface area contributed by atoms with Crippen molar-refractivity contribution in [3.63, 3.8) is 0 Å². The van der Waals surface area contributed by atoms with Gasteiger partial charge in [0.2, 0.25) is 0 Å². The highest BCUT2D eigenvalue weighted by atomic mass is 15.1. The Morgan fingerprint density at radius 1 is 1.27 bits per heavy atom. The van der Waals surface area contributed by atoms with Crippen LogP contribution in [-0.4, -0.2) is 24.0 Å². The average molecular weight is 154 g/mol. The molecule has 1 unspecified atom stereocenters. The van der Waals surface area contributed by atoms with Crippen LogP contribution in [0, 0.1) is 6.42 Å². The zero-order valence-corrected chi connectivity index (χ0v) is 7.84. The van der Waals surface area contributed by atoms with Crippen LogP contribution in [0.15, 0.2) is 0 Å². The minimum atomic E-state index is 0.791. The van der Waals surface area contributed by atoms with Crippen LogP contribution in [0.1, 0.15) is 39.5 Å². The Morgan fingerprint density at radius 2 is 2.00 bits per heavy atom. The first-order valence-corrected chi connectivity index (χ1v) is 4.95. The summed E-state index contributed by atoms with van der Waals surface area (Å²) in [4.78, 5) is 2.55. The van der Waals surface area contributed by atoms with E-state index in [0.29, 0.717) is 0 Å². The fourth-order valence-electron chi connectivity index (χ4n) is 1.95. The first kappa shape index (κ1) is 9.05. The summed E-state index contributed by atoms with van der Waals surface area (Å²) in [5.74, 6) is 0. The van der Waals surface area contributed by atoms with E-state index in [4.69, 9.17) is 0 Å². The monoisotopic (exact) mass is 154 g/mol. The third-order valence-corrected chi connectivity index (χ3v) is 2.67. The molecule has 0 heterocycles. The minimum absolute atomic E-state index is 0.791. The van der Waals surface area contributed by atoms with Gasteiger partial charge in [-0.3, -0.25) is 0 Å². The molecule has 1 nitrogen and oxygen atoms in total. The number of nitrogens with zero attached hydrogens (tertiary/aromatic N) is 1. The Balaban J connectivity index is 2.30. The predicted octanol–water partition coefficient (Wildman–Crippen LogP) is 2.48. The van der Waals surface area contributed by atoms with Crippen molar-refractivity contribution in [3.05, 3.63) is 6.42 Å². The van der Waals surface area contributed by atoms with Crippen molar-refractivity contribution in [2.75, 3.05) is 13.1 Å². The minimum Gasteiger partial charge on any atom is -0.301 e. The van der Waals surface area contributed by atoms with Gasteiger partial charge in [0.15, 0.2) is 0 Å². The summed E-state index contributed by atoms with van der Waals surface area (Å²) in [6.45, 7) is 6.92. The summed E-state index contributed by atoms with van der Waals surface area (Å²) in [5, 5.41) is 0. The summed E-state index contributed by atoms with van der Waals surface area (Å²) < 4.78 is 0. The van der Waals surface area contributed by atoms with Crippen molar-refractivity contribution in [2.24, 2.45) is 0 Å². The zero-order valence-electron chi connectivity index (χ0n) is 7.84. The van der Waals surface area contributed by atoms with Crippen LogP contribution in [0.25, 0.3) is 0 Å². The molecule has 0 aromatic carbocycles. The lowest BCUT2D eigenvalue weighted by atomic mass is 9.94. The maximum absolute atomic E-state index is 2.55. The molecule has 65 valence electrons. The Labute approximate surface area is 70.8 Å². The molecule has 1 radical (unpaired) electrons. The molecule has 1 rings (SSSR count). The summed E-state index contributed by atoms with van der Waals surface area (Å²) in [5.41, 5.74) is 0. The molecule has 0 amide bonds. The second kappa shape index (κ2) is 4.76. The molecule has 0 bridgehead atoms. The molecule has 1 heteroatoms. The Hall–Kier alpha value is -0.0400. The molecule has 1 atom stereocenters. The number of hydrogen-bond acceptors (Lipinski definition) is 1. The summed E-state index contributed by atoms with van der Waals surface area (Å²) >= 11 is 0. The van der Waals surface area contributed by atoms with Crippen molar-refractivity contribution >= 4 is 0 Å². The van der Waals surface area contributed by atoms with Gasteiger partial charge in [-0.1, -0.05) is 26.7 Å². The number of hydrogen-bond donors (Lipinski definition) is 0. The van der Waals surface area contributed by atoms with Crippen molar-refractivity contribution in [2.45, 2.75) is 45.6 Å². The van der Waals surface area contributed by atoms with Gasteiger partial charge >= 0.3 is 0 Å². The SMILES string of the molecule is CCN(CC)C1[CH]CCCC1. The molecule has 0 N–H and O–H groups in total. The zero-order chi connectivity index (χ0) is 8.10. The van der Waals surface area contributed by atoms with Gasteiger partial charge in [0.1, 0.15) is 0 Å². The molecule has 0 aromatic rings. The maximum atomic E-state index is 2.55. The molecular formula is C10H20N. The Kier molecular flexibility index (Phi) is 3.92. The van der Waals surface area contributed by atoms with E-state index < -0.39 is 0 Å². The average Bonchev–Trinajstić information content (AvgIpc) is 2.09. The highest BCUT2D eigenvalue weighted by Gasteiger charge is 2.17. The molecule has 1 aliphatic carbocycles. The van der Waals surface area contributed by atoms with Gasteiger partial charge in [-0.05, 0) is 32.4 Å². The van der Waals surface area contributed by atoms with Crippen molar-refractivity contribution in [1.82, 2.24) is 4.90 Å². The van der Waals surface area contributed by atoms with E-state index in [9.17, 15) is 0 Å². The second-order valence-corrected chi connectivity index (χ2v) is 3.31. The van der Waals surface area contributed by atoms with E-state index in [2.05, 4.69) is 25.2 Å². The highest BCUT2D eigenvalue weighted by Crippen LogP contribution is 2.20. The van der Waals surface area contributed by atoms with Gasteiger partial charge in [-0.25, -0.2) is 0 Å². The van der Waals surface area contributed by atoms with Crippen molar-refractivity contribution in [1.29, 1.82) is 0 Å². The topological polar surface area (TPSA) is 3.24 Å². The largest absolute Gasteiger partial charge is 0.301 e. The van der Waals surface area contributed by atoms with E-state index in [-0.39, 0.29) is 0 Å². The summed E-state index contributed by atoms with van der Waals surface area (Å²) in [6, 6.07) is 0.791. The summed E-state index contributed by atoms with van der Waals surface area (Å²) in [7, 11) is 0. The van der Waals surface area contributed by atoms with E-state index >= 15 is 0 Å². The first-order chi connectivity index (χ1) is 5.38. The van der Waals surface area contributed by atoms with E-state index in [1.54, 1.807) is 0 Å². The maximum Gasteiger partial charge on any atom is 0.0126 e. The quantitative estimate of drug-likeness (QED) is 0.603. The third kappa shape index (κ3) is 2.48. The molecule has 1 aliphatic rings. The standard InChI is InChI=1S/C10H20N/c1-3-11(4-2)10-8-6-5-7-9-10/h8,10H,3-7,9H2,1-2H3. The van der Waals surface area contributed by atoms with Crippen LogP contribution in [0.5, 0.6) is 0 Å². The van der Waals surface area contributed by atoms with Gasteiger partial charge < -0.3 is 4.90 Å². The smallest absolute Gasteiger partial charge is 0.0126 e. The third-order valence-electron chi connectivity index (χ3n) is 2.67. The lowest BCUT2D eigenvalue weighted by Gasteiger charge is -2.32. The van der Waals surface area contributed by atoms with Gasteiger partial charge in [0.05, 0.1) is 0 Å². The fraction of sp³-hybridized carbons (Fsp3) is 0.900. The second-order valence-electron chi connectivity index (χ2n) is 3.31. The number of rotatable bonds is 3. The lowest BCUT2D eigenvalue weighted by molar-refractivity contribution is 0.210. The molecule has 0 spiro atoms. The Morgan fingerprint density at radius 3 is 2.45 bits per heavy atom. The Bertz CT molecular complexity index is 91.0. The van der Waals surface area contributed by atoms with Crippen LogP contribution in [0.2, 0.25) is 0 Å². The van der Waals surface area contributed by atoms with Crippen LogP contribution >= 0.6 is 0 Å². The highest BCUT2D eigenvalue weighted by molar-refractivity contribution is 4.87. The van der Waals surface area contributed by atoms with E-state index in [0.717, 1.165) is 6.04 Å². The fourth-order valence-corrected chi connectivity index (χ4v) is 1.95.